The molecule has 1 rings (SSSR count). The van der Waals surface area contributed by atoms with E-state index >= 15 is 0 Å². The van der Waals surface area contributed by atoms with Crippen LogP contribution >= 0.6 is 0 Å². The third kappa shape index (κ3) is 6.14. The zero-order valence-electron chi connectivity index (χ0n) is 11.4. The van der Waals surface area contributed by atoms with Crippen LogP contribution in [-0.2, 0) is 19.6 Å². The summed E-state index contributed by atoms with van der Waals surface area (Å²) in [5, 5.41) is 0. The summed E-state index contributed by atoms with van der Waals surface area (Å²) in [6, 6.07) is 9.16. The van der Waals surface area contributed by atoms with Gasteiger partial charge in [0.05, 0.1) is 6.61 Å². The molecule has 1 aromatic carbocycles. The second-order valence-electron chi connectivity index (χ2n) is 4.26. The van der Waals surface area contributed by atoms with E-state index in [0.29, 0.717) is 6.42 Å². The number of hydrogen-bond donors (Lipinski definition) is 2. The van der Waals surface area contributed by atoms with Crippen LogP contribution in [0.3, 0.4) is 0 Å². The van der Waals surface area contributed by atoms with E-state index < -0.39 is 21.7 Å². The van der Waals surface area contributed by atoms with Gasteiger partial charge < -0.3 is 10.5 Å². The third-order valence-electron chi connectivity index (χ3n) is 2.62. The molecule has 0 fully saturated rings. The molecule has 3 N–H and O–H groups in total. The fourth-order valence-corrected chi connectivity index (χ4v) is 2.57. The lowest BCUT2D eigenvalue weighted by Crippen LogP contribution is -2.32. The van der Waals surface area contributed by atoms with E-state index in [-0.39, 0.29) is 19.2 Å². The molecule has 1 unspecified atom stereocenters. The maximum Gasteiger partial charge on any atom is 0.322 e. The number of esters is 1. The summed E-state index contributed by atoms with van der Waals surface area (Å²) in [5.41, 5.74) is 6.89. The largest absolute Gasteiger partial charge is 0.465 e. The molecule has 20 heavy (non-hydrogen) atoms. The van der Waals surface area contributed by atoms with Gasteiger partial charge in [0.25, 0.3) is 0 Å². The van der Waals surface area contributed by atoms with Crippen molar-refractivity contribution >= 4 is 16.0 Å². The topological polar surface area (TPSA) is 98.5 Å². The minimum atomic E-state index is -3.66. The second kappa shape index (κ2) is 7.98. The Hall–Kier alpha value is -1.44. The van der Waals surface area contributed by atoms with E-state index in [4.69, 9.17) is 5.73 Å². The molecule has 0 aliphatic rings. The molecule has 0 aliphatic carbocycles. The summed E-state index contributed by atoms with van der Waals surface area (Å²) in [5.74, 6) is -1.42. The summed E-state index contributed by atoms with van der Waals surface area (Å²) < 4.78 is 30.1. The van der Waals surface area contributed by atoms with E-state index in [0.717, 1.165) is 5.56 Å². The number of sulfonamides is 1. The highest BCUT2D eigenvalue weighted by Gasteiger charge is 2.17. The van der Waals surface area contributed by atoms with Gasteiger partial charge in [0.1, 0.15) is 0 Å². The van der Waals surface area contributed by atoms with Crippen molar-refractivity contribution in [3.8, 4) is 0 Å². The van der Waals surface area contributed by atoms with Gasteiger partial charge in [0.2, 0.25) is 10.0 Å². The predicted molar refractivity (Wildman–Crippen MR) is 76.4 cm³/mol. The molecule has 7 heteroatoms. The molecule has 0 aromatic heterocycles. The Kier molecular flexibility index (Phi) is 6.63. The molecule has 0 aliphatic heterocycles. The van der Waals surface area contributed by atoms with Gasteiger partial charge in [-0.15, -0.1) is 0 Å². The van der Waals surface area contributed by atoms with Crippen molar-refractivity contribution in [1.29, 1.82) is 0 Å². The van der Waals surface area contributed by atoms with Crippen molar-refractivity contribution in [1.82, 2.24) is 4.72 Å². The zero-order chi connectivity index (χ0) is 15.0. The summed E-state index contributed by atoms with van der Waals surface area (Å²) in [7, 11) is -3.66. The Bertz CT molecular complexity index is 516. The van der Waals surface area contributed by atoms with Crippen LogP contribution in [0, 0.1) is 0 Å². The van der Waals surface area contributed by atoms with Gasteiger partial charge in [0, 0.05) is 12.6 Å². The van der Waals surface area contributed by atoms with Crippen LogP contribution in [0.4, 0.5) is 0 Å². The van der Waals surface area contributed by atoms with Gasteiger partial charge in [-0.3, -0.25) is 4.79 Å². The molecule has 0 saturated heterocycles. The summed E-state index contributed by atoms with van der Waals surface area (Å²) in [4.78, 5) is 11.1. The fraction of sp³-hybridized carbons (Fsp3) is 0.462. The van der Waals surface area contributed by atoms with Gasteiger partial charge in [-0.25, -0.2) is 13.1 Å². The standard InChI is InChI=1S/C13H20N2O4S/c1-2-19-13(16)10-20(17,18)15-9-8-12(14)11-6-4-3-5-7-11/h3-7,12,15H,2,8-10,14H2,1H3. The highest BCUT2D eigenvalue weighted by Crippen LogP contribution is 2.12. The minimum absolute atomic E-state index is 0.160. The number of nitrogens with one attached hydrogen (secondary N) is 1. The molecule has 0 saturated carbocycles. The van der Waals surface area contributed by atoms with Crippen LogP contribution in [-0.4, -0.2) is 33.3 Å². The predicted octanol–water partition coefficient (Wildman–Crippen LogP) is 0.559. The number of rotatable bonds is 8. The van der Waals surface area contributed by atoms with Crippen LogP contribution in [0.5, 0.6) is 0 Å². The number of benzene rings is 1. The van der Waals surface area contributed by atoms with E-state index in [1.807, 2.05) is 30.3 Å². The number of carbonyl (C=O) groups excluding carboxylic acids is 1. The number of hydrogen-bond acceptors (Lipinski definition) is 5. The molecule has 0 amide bonds. The molecule has 0 heterocycles. The smallest absolute Gasteiger partial charge is 0.322 e. The van der Waals surface area contributed by atoms with E-state index in [2.05, 4.69) is 9.46 Å². The molecule has 0 spiro atoms. The maximum atomic E-state index is 11.6. The Morgan fingerprint density at radius 1 is 1.35 bits per heavy atom. The third-order valence-corrected chi connectivity index (χ3v) is 3.88. The molecule has 6 nitrogen and oxygen atoms in total. The van der Waals surface area contributed by atoms with Crippen LogP contribution < -0.4 is 10.5 Å². The molecule has 112 valence electrons. The number of nitrogens with two attached hydrogens (primary N) is 1. The van der Waals surface area contributed by atoms with Crippen LogP contribution in [0.25, 0.3) is 0 Å². The Morgan fingerprint density at radius 2 is 2.00 bits per heavy atom. The zero-order valence-corrected chi connectivity index (χ0v) is 12.2. The fourth-order valence-electron chi connectivity index (χ4n) is 1.65. The first-order chi connectivity index (χ1) is 9.44. The molecule has 1 atom stereocenters. The molecule has 0 bridgehead atoms. The average Bonchev–Trinajstić information content (AvgIpc) is 2.39. The van der Waals surface area contributed by atoms with Gasteiger partial charge in [0.15, 0.2) is 5.75 Å². The monoisotopic (exact) mass is 300 g/mol. The summed E-state index contributed by atoms with van der Waals surface area (Å²) in [6.07, 6.45) is 0.450. The summed E-state index contributed by atoms with van der Waals surface area (Å²) >= 11 is 0. The lowest BCUT2D eigenvalue weighted by molar-refractivity contribution is -0.139. The molecule has 0 radical (unpaired) electrons. The van der Waals surface area contributed by atoms with Gasteiger partial charge >= 0.3 is 5.97 Å². The summed E-state index contributed by atoms with van der Waals surface area (Å²) in [6.45, 7) is 1.96. The first-order valence-corrected chi connectivity index (χ1v) is 8.03. The average molecular weight is 300 g/mol. The normalized spacial score (nSPS) is 12.9. The van der Waals surface area contributed by atoms with Crippen molar-refractivity contribution in [2.75, 3.05) is 18.9 Å². The Balaban J connectivity index is 2.38. The highest BCUT2D eigenvalue weighted by atomic mass is 32.2. The van der Waals surface area contributed by atoms with Crippen LogP contribution in [0.2, 0.25) is 0 Å². The van der Waals surface area contributed by atoms with Crippen LogP contribution in [0.1, 0.15) is 24.9 Å². The number of ether oxygens (including phenoxy) is 1. The SMILES string of the molecule is CCOC(=O)CS(=O)(=O)NCCC(N)c1ccccc1. The Morgan fingerprint density at radius 3 is 2.60 bits per heavy atom. The first-order valence-electron chi connectivity index (χ1n) is 6.38. The molecular formula is C13H20N2O4S. The van der Waals surface area contributed by atoms with E-state index in [1.165, 1.54) is 0 Å². The van der Waals surface area contributed by atoms with Crippen molar-refractivity contribution in [3.05, 3.63) is 35.9 Å². The molecule has 1 aromatic rings. The van der Waals surface area contributed by atoms with Crippen molar-refractivity contribution in [3.63, 3.8) is 0 Å². The van der Waals surface area contributed by atoms with Gasteiger partial charge in [-0.1, -0.05) is 30.3 Å². The molecular weight excluding hydrogens is 280 g/mol. The first kappa shape index (κ1) is 16.6. The Labute approximate surface area is 119 Å². The maximum absolute atomic E-state index is 11.6. The minimum Gasteiger partial charge on any atom is -0.465 e. The second-order valence-corrected chi connectivity index (χ2v) is 6.07. The van der Waals surface area contributed by atoms with Crippen LogP contribution in [0.15, 0.2) is 30.3 Å². The highest BCUT2D eigenvalue weighted by molar-refractivity contribution is 7.90. The quantitative estimate of drug-likeness (QED) is 0.683. The van der Waals surface area contributed by atoms with E-state index in [1.54, 1.807) is 6.92 Å². The van der Waals surface area contributed by atoms with Crippen molar-refractivity contribution in [2.24, 2.45) is 5.73 Å². The lowest BCUT2D eigenvalue weighted by atomic mass is 10.1. The van der Waals surface area contributed by atoms with Gasteiger partial charge in [-0.05, 0) is 18.9 Å². The number of carbonyl (C=O) groups is 1. The van der Waals surface area contributed by atoms with Crippen molar-refractivity contribution in [2.45, 2.75) is 19.4 Å². The lowest BCUT2D eigenvalue weighted by Gasteiger charge is -2.12. The van der Waals surface area contributed by atoms with E-state index in [9.17, 15) is 13.2 Å². The van der Waals surface area contributed by atoms with Crippen molar-refractivity contribution < 1.29 is 17.9 Å². The van der Waals surface area contributed by atoms with Gasteiger partial charge in [-0.2, -0.15) is 0 Å².